The van der Waals surface area contributed by atoms with E-state index in [0.717, 1.165) is 72.2 Å². The van der Waals surface area contributed by atoms with Crippen molar-refractivity contribution in [3.05, 3.63) is 124 Å². The van der Waals surface area contributed by atoms with E-state index in [1.165, 1.54) is 17.4 Å². The normalized spacial score (nSPS) is 16.0. The quantitative estimate of drug-likeness (QED) is 0.157. The Morgan fingerprint density at radius 2 is 1.70 bits per heavy atom. The minimum Gasteiger partial charge on any atom is -0.497 e. The van der Waals surface area contributed by atoms with Gasteiger partial charge in [0.2, 0.25) is 0 Å². The minimum atomic E-state index is -0.120. The summed E-state index contributed by atoms with van der Waals surface area (Å²) < 4.78 is 5.28. The molecule has 0 atom stereocenters. The molecule has 2 aliphatic rings. The van der Waals surface area contributed by atoms with Crippen molar-refractivity contribution in [3.63, 3.8) is 0 Å². The maximum absolute atomic E-state index is 13.9. The predicted molar refractivity (Wildman–Crippen MR) is 188 cm³/mol. The molecule has 8 heteroatoms. The number of rotatable bonds is 10. The van der Waals surface area contributed by atoms with E-state index in [9.17, 15) is 9.59 Å². The molecular weight excluding hydrogens is 593 g/mol. The maximum atomic E-state index is 13.9. The summed E-state index contributed by atoms with van der Waals surface area (Å²) in [6.07, 6.45) is 2.82. The van der Waals surface area contributed by atoms with Gasteiger partial charge >= 0.3 is 0 Å². The van der Waals surface area contributed by atoms with E-state index in [4.69, 9.17) is 4.74 Å². The van der Waals surface area contributed by atoms with Crippen molar-refractivity contribution in [1.82, 2.24) is 10.2 Å². The highest BCUT2D eigenvalue weighted by Gasteiger charge is 2.30. The lowest BCUT2D eigenvalue weighted by Gasteiger charge is -2.36. The zero-order chi connectivity index (χ0) is 31.9. The van der Waals surface area contributed by atoms with E-state index in [1.807, 2.05) is 78.9 Å². The second-order valence-electron chi connectivity index (χ2n) is 11.7. The predicted octanol–water partition coefficient (Wildman–Crippen LogP) is 6.63. The van der Waals surface area contributed by atoms with E-state index in [-0.39, 0.29) is 11.8 Å². The second kappa shape index (κ2) is 14.7. The third kappa shape index (κ3) is 7.63. The molecule has 2 amide bonds. The first-order valence-corrected chi connectivity index (χ1v) is 16.6. The molecule has 1 saturated heterocycles. The number of aryl methyl sites for hydroxylation is 1. The van der Waals surface area contributed by atoms with Crippen LogP contribution in [0.3, 0.4) is 0 Å². The molecule has 0 unspecified atom stereocenters. The summed E-state index contributed by atoms with van der Waals surface area (Å²) in [7, 11) is 1.69. The molecule has 6 rings (SSSR count). The molecule has 4 aromatic rings. The van der Waals surface area contributed by atoms with E-state index < -0.39 is 0 Å². The van der Waals surface area contributed by atoms with Crippen molar-refractivity contribution in [1.29, 1.82) is 0 Å². The zero-order valence-electron chi connectivity index (χ0n) is 26.4. The number of anilines is 2. The zero-order valence-corrected chi connectivity index (χ0v) is 27.3. The number of piperazine rings is 1. The number of carbonyl (C=O) groups excluding carboxylic acids is 2. The molecular formula is C38H40N4O3S. The first-order valence-electron chi connectivity index (χ1n) is 15.8. The SMILES string of the molecule is COc1ccc(N2CCN(CCCNC(=O)c3ccc4c(c3)N(Cc3cccc(C)c3)C(=O)/C(=C/c3ccccc3)S4)CC2)cc1. The fourth-order valence-corrected chi connectivity index (χ4v) is 6.97. The molecule has 0 radical (unpaired) electrons. The van der Waals surface area contributed by atoms with Crippen molar-refractivity contribution in [2.24, 2.45) is 0 Å². The molecule has 7 nitrogen and oxygen atoms in total. The number of ether oxygens (including phenoxy) is 1. The van der Waals surface area contributed by atoms with Gasteiger partial charge < -0.3 is 19.9 Å². The van der Waals surface area contributed by atoms with Gasteiger partial charge in [-0.05, 0) is 79.6 Å². The Balaban J connectivity index is 1.08. The number of benzene rings is 4. The van der Waals surface area contributed by atoms with Crippen LogP contribution in [0, 0.1) is 6.92 Å². The van der Waals surface area contributed by atoms with Gasteiger partial charge in [0.15, 0.2) is 0 Å². The van der Waals surface area contributed by atoms with Gasteiger partial charge in [-0.1, -0.05) is 71.9 Å². The number of fused-ring (bicyclic) bond motifs is 1. The van der Waals surface area contributed by atoms with E-state index in [0.29, 0.717) is 23.6 Å². The highest BCUT2D eigenvalue weighted by Crippen LogP contribution is 2.43. The van der Waals surface area contributed by atoms with Gasteiger partial charge in [0, 0.05) is 48.9 Å². The third-order valence-corrected chi connectivity index (χ3v) is 9.53. The van der Waals surface area contributed by atoms with Crippen LogP contribution in [0.2, 0.25) is 0 Å². The number of hydrogen-bond acceptors (Lipinski definition) is 6. The lowest BCUT2D eigenvalue weighted by Crippen LogP contribution is -2.47. The summed E-state index contributed by atoms with van der Waals surface area (Å²) in [6.45, 7) is 7.96. The molecule has 0 aliphatic carbocycles. The van der Waals surface area contributed by atoms with E-state index in [1.54, 1.807) is 12.0 Å². The standard InChI is InChI=1S/C38H40N4O3S/c1-28-8-6-11-30(24-28)27-42-34-26-31(12-17-35(34)46-36(38(42)44)25-29-9-4-3-5-10-29)37(43)39-18-7-19-40-20-22-41(23-21-40)32-13-15-33(45-2)16-14-32/h3-6,8-17,24-26H,7,18-23,27H2,1-2H3,(H,39,43)/b36-25-. The summed E-state index contributed by atoms with van der Waals surface area (Å²) in [5.41, 5.74) is 5.72. The largest absolute Gasteiger partial charge is 0.497 e. The topological polar surface area (TPSA) is 65.1 Å². The molecule has 236 valence electrons. The van der Waals surface area contributed by atoms with Crippen molar-refractivity contribution < 1.29 is 14.3 Å². The first-order chi connectivity index (χ1) is 22.5. The van der Waals surface area contributed by atoms with Gasteiger partial charge in [-0.2, -0.15) is 0 Å². The Morgan fingerprint density at radius 3 is 2.43 bits per heavy atom. The lowest BCUT2D eigenvalue weighted by atomic mass is 10.1. The average Bonchev–Trinajstić information content (AvgIpc) is 3.09. The summed E-state index contributed by atoms with van der Waals surface area (Å²) in [5, 5.41) is 3.11. The summed E-state index contributed by atoms with van der Waals surface area (Å²) in [5.74, 6) is 0.690. The van der Waals surface area contributed by atoms with Crippen molar-refractivity contribution in [2.75, 3.05) is 56.2 Å². The van der Waals surface area contributed by atoms with Crippen LogP contribution in [-0.4, -0.2) is 63.1 Å². The number of methoxy groups -OCH3 is 1. The molecule has 4 aromatic carbocycles. The van der Waals surface area contributed by atoms with E-state index in [2.05, 4.69) is 46.3 Å². The molecule has 46 heavy (non-hydrogen) atoms. The van der Waals surface area contributed by atoms with Crippen molar-refractivity contribution in [2.45, 2.75) is 24.8 Å². The van der Waals surface area contributed by atoms with Crippen LogP contribution in [0.5, 0.6) is 5.75 Å². The van der Waals surface area contributed by atoms with Crippen LogP contribution in [0.25, 0.3) is 6.08 Å². The van der Waals surface area contributed by atoms with Gasteiger partial charge in [-0.15, -0.1) is 0 Å². The summed E-state index contributed by atoms with van der Waals surface area (Å²) >= 11 is 1.46. The summed E-state index contributed by atoms with van der Waals surface area (Å²) in [6, 6.07) is 32.0. The monoisotopic (exact) mass is 632 g/mol. The molecule has 0 aromatic heterocycles. The molecule has 2 heterocycles. The molecule has 2 aliphatic heterocycles. The number of thioether (sulfide) groups is 1. The Kier molecular flexibility index (Phi) is 10.1. The number of nitrogens with zero attached hydrogens (tertiary/aromatic N) is 3. The van der Waals surface area contributed by atoms with Crippen LogP contribution in [0.15, 0.2) is 107 Å². The number of carbonyl (C=O) groups is 2. The Bertz CT molecular complexity index is 1700. The number of amides is 2. The Hall–Kier alpha value is -4.53. The minimum absolute atomic E-state index is 0.0625. The van der Waals surface area contributed by atoms with Crippen LogP contribution in [0.4, 0.5) is 11.4 Å². The van der Waals surface area contributed by atoms with Gasteiger partial charge in [0.25, 0.3) is 11.8 Å². The van der Waals surface area contributed by atoms with Gasteiger partial charge in [0.05, 0.1) is 24.2 Å². The fraction of sp³-hybridized carbons (Fsp3) is 0.263. The number of nitrogens with one attached hydrogen (secondary N) is 1. The molecule has 0 saturated carbocycles. The van der Waals surface area contributed by atoms with Crippen molar-refractivity contribution >= 4 is 41.0 Å². The van der Waals surface area contributed by atoms with Crippen LogP contribution >= 0.6 is 11.8 Å². The van der Waals surface area contributed by atoms with E-state index >= 15 is 0 Å². The molecule has 0 bridgehead atoms. The maximum Gasteiger partial charge on any atom is 0.265 e. The lowest BCUT2D eigenvalue weighted by molar-refractivity contribution is -0.114. The Labute approximate surface area is 275 Å². The van der Waals surface area contributed by atoms with Crippen LogP contribution in [0.1, 0.15) is 33.5 Å². The third-order valence-electron chi connectivity index (χ3n) is 8.45. The molecule has 0 spiro atoms. The average molecular weight is 633 g/mol. The smallest absolute Gasteiger partial charge is 0.265 e. The highest BCUT2D eigenvalue weighted by molar-refractivity contribution is 8.04. The molecule has 1 N–H and O–H groups in total. The van der Waals surface area contributed by atoms with Crippen molar-refractivity contribution in [3.8, 4) is 5.75 Å². The van der Waals surface area contributed by atoms with Crippen LogP contribution < -0.4 is 19.9 Å². The van der Waals surface area contributed by atoms with Crippen LogP contribution in [-0.2, 0) is 11.3 Å². The first kappa shape index (κ1) is 31.5. The second-order valence-corrected chi connectivity index (χ2v) is 12.8. The van der Waals surface area contributed by atoms with Gasteiger partial charge in [-0.3, -0.25) is 14.5 Å². The summed E-state index contributed by atoms with van der Waals surface area (Å²) in [4.78, 5) is 35.4. The highest BCUT2D eigenvalue weighted by atomic mass is 32.2. The fourth-order valence-electron chi connectivity index (χ4n) is 5.93. The van der Waals surface area contributed by atoms with Gasteiger partial charge in [-0.25, -0.2) is 0 Å². The molecule has 1 fully saturated rings. The van der Waals surface area contributed by atoms with Gasteiger partial charge in [0.1, 0.15) is 5.75 Å². The Morgan fingerprint density at radius 1 is 0.913 bits per heavy atom. The number of hydrogen-bond donors (Lipinski definition) is 1.